The SMILES string of the molecule is COC(=O)C[C@@H](C[C@@H](CO[Si](c1ccccc1)(c1ccccc1)C(C)(C)C)NC(=O)OC(C)(C)C)C[N+](=O)[O-]. The van der Waals surface area contributed by atoms with Crippen LogP contribution in [-0.4, -0.2) is 57.2 Å². The molecule has 0 unspecified atom stereocenters. The molecule has 0 bridgehead atoms. The van der Waals surface area contributed by atoms with E-state index in [9.17, 15) is 19.7 Å². The molecule has 2 aromatic carbocycles. The first-order valence-electron chi connectivity index (χ1n) is 13.1. The Hall–Kier alpha value is -3.24. The summed E-state index contributed by atoms with van der Waals surface area (Å²) in [5, 5.41) is 16.1. The van der Waals surface area contributed by atoms with Crippen LogP contribution < -0.4 is 15.7 Å². The number of nitrogens with zero attached hydrogens (tertiary/aromatic N) is 1. The lowest BCUT2D eigenvalue weighted by atomic mass is 9.97. The number of ether oxygens (including phenoxy) is 2. The van der Waals surface area contributed by atoms with Crippen molar-refractivity contribution in [1.29, 1.82) is 0 Å². The van der Waals surface area contributed by atoms with Gasteiger partial charge in [0, 0.05) is 10.8 Å². The Morgan fingerprint density at radius 1 is 0.949 bits per heavy atom. The average molecular weight is 559 g/mol. The third-order valence-corrected chi connectivity index (χ3v) is 11.4. The third-order valence-electron chi connectivity index (χ3n) is 6.35. The highest BCUT2D eigenvalue weighted by Crippen LogP contribution is 2.37. The third kappa shape index (κ3) is 9.47. The normalized spacial score (nSPS) is 13.7. The minimum Gasteiger partial charge on any atom is -0.469 e. The van der Waals surface area contributed by atoms with E-state index < -0.39 is 49.4 Å². The summed E-state index contributed by atoms with van der Waals surface area (Å²) in [7, 11) is -1.71. The van der Waals surface area contributed by atoms with Crippen LogP contribution in [0, 0.1) is 16.0 Å². The molecule has 2 rings (SSSR count). The van der Waals surface area contributed by atoms with E-state index in [2.05, 4.69) is 50.4 Å². The summed E-state index contributed by atoms with van der Waals surface area (Å²) in [6.07, 6.45) is -0.673. The van der Waals surface area contributed by atoms with E-state index in [-0.39, 0.29) is 24.5 Å². The van der Waals surface area contributed by atoms with E-state index in [1.807, 2.05) is 36.4 Å². The largest absolute Gasteiger partial charge is 0.469 e. The Kier molecular flexibility index (Phi) is 11.2. The zero-order valence-corrected chi connectivity index (χ0v) is 25.1. The zero-order valence-electron chi connectivity index (χ0n) is 24.1. The number of nitrogens with one attached hydrogen (secondary N) is 1. The summed E-state index contributed by atoms with van der Waals surface area (Å²) >= 11 is 0. The Morgan fingerprint density at radius 3 is 1.87 bits per heavy atom. The van der Waals surface area contributed by atoms with Crippen molar-refractivity contribution in [2.75, 3.05) is 20.3 Å². The molecule has 0 heterocycles. The number of carbonyl (C=O) groups excluding carboxylic acids is 2. The maximum atomic E-state index is 12.8. The lowest BCUT2D eigenvalue weighted by Crippen LogP contribution is -2.67. The molecule has 2 atom stereocenters. The molecule has 0 aromatic heterocycles. The Morgan fingerprint density at radius 2 is 1.46 bits per heavy atom. The number of nitro groups is 1. The van der Waals surface area contributed by atoms with Gasteiger partial charge in [-0.3, -0.25) is 14.9 Å². The predicted octanol–water partition coefficient (Wildman–Crippen LogP) is 4.30. The molecule has 9 nitrogen and oxygen atoms in total. The first-order chi connectivity index (χ1) is 18.2. The fraction of sp³-hybridized carbons (Fsp3) is 0.517. The quantitative estimate of drug-likeness (QED) is 0.179. The van der Waals surface area contributed by atoms with E-state index in [0.29, 0.717) is 0 Å². The maximum Gasteiger partial charge on any atom is 0.407 e. The molecule has 10 heteroatoms. The number of rotatable bonds is 12. The fourth-order valence-electron chi connectivity index (χ4n) is 4.78. The summed E-state index contributed by atoms with van der Waals surface area (Å²) < 4.78 is 17.2. The Bertz CT molecular complexity index is 1040. The molecule has 0 fully saturated rings. The second kappa shape index (κ2) is 13.7. The van der Waals surface area contributed by atoms with Gasteiger partial charge in [0.2, 0.25) is 6.54 Å². The van der Waals surface area contributed by atoms with Gasteiger partial charge in [0.15, 0.2) is 0 Å². The molecule has 0 saturated carbocycles. The molecule has 0 aliphatic carbocycles. The first kappa shape index (κ1) is 32.0. The van der Waals surface area contributed by atoms with Crippen molar-refractivity contribution in [1.82, 2.24) is 5.32 Å². The van der Waals surface area contributed by atoms with Crippen LogP contribution in [0.4, 0.5) is 4.79 Å². The number of amides is 1. The van der Waals surface area contributed by atoms with Gasteiger partial charge in [0.1, 0.15) is 5.60 Å². The molecule has 39 heavy (non-hydrogen) atoms. The van der Waals surface area contributed by atoms with Gasteiger partial charge >= 0.3 is 12.1 Å². The summed E-state index contributed by atoms with van der Waals surface area (Å²) in [5.41, 5.74) is -0.736. The van der Waals surface area contributed by atoms with Crippen molar-refractivity contribution in [2.24, 2.45) is 5.92 Å². The summed E-state index contributed by atoms with van der Waals surface area (Å²) in [6, 6.07) is 19.4. The van der Waals surface area contributed by atoms with Gasteiger partial charge in [-0.1, -0.05) is 81.4 Å². The van der Waals surface area contributed by atoms with E-state index in [4.69, 9.17) is 13.9 Å². The lowest BCUT2D eigenvalue weighted by Gasteiger charge is -2.44. The summed E-state index contributed by atoms with van der Waals surface area (Å²) in [5.74, 6) is -1.22. The molecule has 0 saturated heterocycles. The highest BCUT2D eigenvalue weighted by atomic mass is 28.4. The van der Waals surface area contributed by atoms with Gasteiger partial charge < -0.3 is 19.2 Å². The average Bonchev–Trinajstić information content (AvgIpc) is 2.83. The standard InChI is InChI=1S/C29H42N2O7Si/c1-28(2,3)38-27(33)30-23(18-22(20-31(34)35)19-26(32)36-7)21-37-39(29(4,5)6,24-14-10-8-11-15-24)25-16-12-9-13-17-25/h8-17,22-23H,18-21H2,1-7H3,(H,30,33)/t22-,23+/m1/s1. The number of hydrogen-bond acceptors (Lipinski definition) is 7. The van der Waals surface area contributed by atoms with Crippen LogP contribution in [0.15, 0.2) is 60.7 Å². The second-order valence-electron chi connectivity index (χ2n) is 11.7. The lowest BCUT2D eigenvalue weighted by molar-refractivity contribution is -0.488. The topological polar surface area (TPSA) is 117 Å². The minimum atomic E-state index is -2.95. The highest BCUT2D eigenvalue weighted by molar-refractivity contribution is 6.99. The number of methoxy groups -OCH3 is 1. The van der Waals surface area contributed by atoms with Crippen LogP contribution in [0.1, 0.15) is 54.4 Å². The van der Waals surface area contributed by atoms with Gasteiger partial charge in [-0.2, -0.15) is 0 Å². The van der Waals surface area contributed by atoms with E-state index in [0.717, 1.165) is 10.4 Å². The van der Waals surface area contributed by atoms with Gasteiger partial charge in [-0.15, -0.1) is 0 Å². The molecular formula is C29H42N2O7Si. The molecule has 0 radical (unpaired) electrons. The molecule has 0 aliphatic rings. The monoisotopic (exact) mass is 558 g/mol. The van der Waals surface area contributed by atoms with Crippen molar-refractivity contribution in [2.45, 2.75) is 71.1 Å². The number of carbonyl (C=O) groups is 2. The zero-order chi connectivity index (χ0) is 29.3. The predicted molar refractivity (Wildman–Crippen MR) is 153 cm³/mol. The van der Waals surface area contributed by atoms with Gasteiger partial charge in [0.05, 0.1) is 26.2 Å². The number of benzene rings is 2. The molecule has 2 aromatic rings. The fourth-order valence-corrected chi connectivity index (χ4v) is 9.39. The van der Waals surface area contributed by atoms with E-state index in [1.165, 1.54) is 7.11 Å². The van der Waals surface area contributed by atoms with Crippen LogP contribution >= 0.6 is 0 Å². The van der Waals surface area contributed by atoms with E-state index in [1.54, 1.807) is 20.8 Å². The van der Waals surface area contributed by atoms with Crippen LogP contribution in [0.25, 0.3) is 0 Å². The van der Waals surface area contributed by atoms with Crippen LogP contribution in [0.2, 0.25) is 5.04 Å². The molecule has 1 N–H and O–H groups in total. The van der Waals surface area contributed by atoms with Gasteiger partial charge in [-0.25, -0.2) is 4.79 Å². The van der Waals surface area contributed by atoms with Crippen molar-refractivity contribution >= 4 is 30.8 Å². The molecule has 0 aliphatic heterocycles. The first-order valence-corrected chi connectivity index (χ1v) is 15.0. The molecule has 0 spiro atoms. The maximum absolute atomic E-state index is 12.8. The number of esters is 1. The van der Waals surface area contributed by atoms with Gasteiger partial charge in [0.25, 0.3) is 8.32 Å². The smallest absolute Gasteiger partial charge is 0.407 e. The second-order valence-corrected chi connectivity index (χ2v) is 16.0. The van der Waals surface area contributed by atoms with E-state index >= 15 is 0 Å². The molecule has 214 valence electrons. The van der Waals surface area contributed by atoms with Crippen molar-refractivity contribution in [3.63, 3.8) is 0 Å². The number of alkyl carbamates (subject to hydrolysis) is 1. The van der Waals surface area contributed by atoms with Crippen molar-refractivity contribution in [3.05, 3.63) is 70.8 Å². The summed E-state index contributed by atoms with van der Waals surface area (Å²) in [4.78, 5) is 35.8. The summed E-state index contributed by atoms with van der Waals surface area (Å²) in [6.45, 7) is 11.3. The van der Waals surface area contributed by atoms with Crippen LogP contribution in [0.5, 0.6) is 0 Å². The molecular weight excluding hydrogens is 516 g/mol. The Balaban J connectivity index is 2.51. The number of hydrogen-bond donors (Lipinski definition) is 1. The van der Waals surface area contributed by atoms with Crippen molar-refractivity contribution in [3.8, 4) is 0 Å². The minimum absolute atomic E-state index is 0.0713. The van der Waals surface area contributed by atoms with Crippen molar-refractivity contribution < 1.29 is 28.4 Å². The highest BCUT2D eigenvalue weighted by Gasteiger charge is 2.50. The molecule has 1 amide bonds. The van der Waals surface area contributed by atoms with Crippen LogP contribution in [-0.2, 0) is 18.7 Å². The Labute approximate surface area is 232 Å². The van der Waals surface area contributed by atoms with Gasteiger partial charge in [-0.05, 0) is 42.6 Å². The van der Waals surface area contributed by atoms with Crippen LogP contribution in [0.3, 0.4) is 0 Å².